The first-order chi connectivity index (χ1) is 9.27. The lowest BCUT2D eigenvalue weighted by atomic mass is 9.92. The fourth-order valence-electron chi connectivity index (χ4n) is 3.24. The van der Waals surface area contributed by atoms with E-state index in [1.807, 2.05) is 5.01 Å². The van der Waals surface area contributed by atoms with Crippen molar-refractivity contribution >= 4 is 11.6 Å². The summed E-state index contributed by atoms with van der Waals surface area (Å²) in [5.41, 5.74) is 6.69. The van der Waals surface area contributed by atoms with Crippen LogP contribution in [0.5, 0.6) is 0 Å². The maximum atomic E-state index is 12.6. The maximum absolute atomic E-state index is 12.6. The second-order valence-electron chi connectivity index (χ2n) is 5.80. The van der Waals surface area contributed by atoms with Crippen LogP contribution in [0.1, 0.15) is 64.7 Å². The van der Waals surface area contributed by atoms with Crippen LogP contribution in [0.3, 0.4) is 0 Å². The molecular formula is C15H27N3O. The van der Waals surface area contributed by atoms with E-state index in [0.717, 1.165) is 44.2 Å². The number of carbonyl (C=O) groups is 1. The third kappa shape index (κ3) is 3.35. The number of amides is 1. The Bertz CT molecular complexity index is 334. The summed E-state index contributed by atoms with van der Waals surface area (Å²) in [4.78, 5) is 12.6. The fourth-order valence-corrected chi connectivity index (χ4v) is 3.24. The predicted octanol–water partition coefficient (Wildman–Crippen LogP) is 2.67. The first kappa shape index (κ1) is 14.5. The van der Waals surface area contributed by atoms with Crippen molar-refractivity contribution in [2.45, 2.75) is 70.8 Å². The average molecular weight is 265 g/mol. The van der Waals surface area contributed by atoms with Crippen molar-refractivity contribution in [1.29, 1.82) is 0 Å². The van der Waals surface area contributed by atoms with Gasteiger partial charge in [-0.3, -0.25) is 4.79 Å². The molecule has 0 aromatic carbocycles. The number of carbonyl (C=O) groups excluding carboxylic acids is 1. The van der Waals surface area contributed by atoms with Gasteiger partial charge in [-0.15, -0.1) is 0 Å². The van der Waals surface area contributed by atoms with E-state index < -0.39 is 0 Å². The monoisotopic (exact) mass is 265 g/mol. The smallest absolute Gasteiger partial charge is 0.251 e. The molecule has 0 bridgehead atoms. The van der Waals surface area contributed by atoms with E-state index in [-0.39, 0.29) is 11.8 Å². The molecule has 1 unspecified atom stereocenters. The normalized spacial score (nSPS) is 24.9. The molecule has 0 saturated heterocycles. The largest absolute Gasteiger partial charge is 0.330 e. The molecule has 2 N–H and O–H groups in total. The van der Waals surface area contributed by atoms with Crippen molar-refractivity contribution in [3.8, 4) is 0 Å². The van der Waals surface area contributed by atoms with Crippen molar-refractivity contribution in [3.05, 3.63) is 0 Å². The highest BCUT2D eigenvalue weighted by atomic mass is 16.2. The van der Waals surface area contributed by atoms with Gasteiger partial charge in [0.1, 0.15) is 0 Å². The Morgan fingerprint density at radius 3 is 2.68 bits per heavy atom. The maximum Gasteiger partial charge on any atom is 0.251 e. The van der Waals surface area contributed by atoms with Gasteiger partial charge in [-0.2, -0.15) is 5.10 Å². The van der Waals surface area contributed by atoms with Crippen LogP contribution in [0.15, 0.2) is 5.10 Å². The van der Waals surface area contributed by atoms with Gasteiger partial charge in [0.25, 0.3) is 5.91 Å². The standard InChI is InChI=1S/C15H27N3O/c1-2-7-14-13(10-6-11-16)15(19)18(17-14)12-8-4-3-5-9-12/h12-13H,2-11,16H2,1H3. The van der Waals surface area contributed by atoms with Crippen LogP contribution in [0.4, 0.5) is 0 Å². The van der Waals surface area contributed by atoms with Gasteiger partial charge in [0.05, 0.1) is 17.7 Å². The molecule has 4 nitrogen and oxygen atoms in total. The van der Waals surface area contributed by atoms with Crippen LogP contribution in [0.25, 0.3) is 0 Å². The molecule has 0 spiro atoms. The molecule has 1 atom stereocenters. The van der Waals surface area contributed by atoms with Crippen molar-refractivity contribution in [2.24, 2.45) is 16.8 Å². The molecule has 1 aliphatic heterocycles. The predicted molar refractivity (Wildman–Crippen MR) is 77.8 cm³/mol. The van der Waals surface area contributed by atoms with Crippen molar-refractivity contribution in [2.75, 3.05) is 6.54 Å². The van der Waals surface area contributed by atoms with E-state index in [2.05, 4.69) is 12.0 Å². The molecule has 0 aromatic heterocycles. The number of hydrogen-bond acceptors (Lipinski definition) is 3. The Labute approximate surface area is 116 Å². The molecule has 0 aromatic rings. The summed E-state index contributed by atoms with van der Waals surface area (Å²) >= 11 is 0. The molecule has 1 amide bonds. The summed E-state index contributed by atoms with van der Waals surface area (Å²) in [5, 5.41) is 6.50. The summed E-state index contributed by atoms with van der Waals surface area (Å²) in [6.07, 6.45) is 9.82. The summed E-state index contributed by atoms with van der Waals surface area (Å²) in [5.74, 6) is 0.259. The number of rotatable bonds is 6. The van der Waals surface area contributed by atoms with E-state index in [4.69, 9.17) is 5.73 Å². The Morgan fingerprint density at radius 2 is 2.05 bits per heavy atom. The topological polar surface area (TPSA) is 58.7 Å². The minimum absolute atomic E-state index is 0.0189. The minimum Gasteiger partial charge on any atom is -0.330 e. The molecule has 2 rings (SSSR count). The molecule has 1 saturated carbocycles. The zero-order chi connectivity index (χ0) is 13.7. The third-order valence-corrected chi connectivity index (χ3v) is 4.29. The molecule has 19 heavy (non-hydrogen) atoms. The first-order valence-electron chi connectivity index (χ1n) is 7.88. The van der Waals surface area contributed by atoms with Gasteiger partial charge >= 0.3 is 0 Å². The van der Waals surface area contributed by atoms with E-state index >= 15 is 0 Å². The van der Waals surface area contributed by atoms with Crippen LogP contribution in [-0.4, -0.2) is 29.2 Å². The number of nitrogens with zero attached hydrogens (tertiary/aromatic N) is 2. The second-order valence-corrected chi connectivity index (χ2v) is 5.80. The molecule has 1 aliphatic carbocycles. The lowest BCUT2D eigenvalue weighted by Gasteiger charge is -2.28. The van der Waals surface area contributed by atoms with Crippen LogP contribution in [0.2, 0.25) is 0 Å². The average Bonchev–Trinajstić information content (AvgIpc) is 2.75. The van der Waals surface area contributed by atoms with E-state index in [1.54, 1.807) is 0 Å². The van der Waals surface area contributed by atoms with Crippen molar-refractivity contribution < 1.29 is 4.79 Å². The highest BCUT2D eigenvalue weighted by Crippen LogP contribution is 2.30. The zero-order valence-electron chi connectivity index (χ0n) is 12.1. The summed E-state index contributed by atoms with van der Waals surface area (Å²) in [6.45, 7) is 2.81. The van der Waals surface area contributed by atoms with Gasteiger partial charge in [0, 0.05) is 0 Å². The summed E-state index contributed by atoms with van der Waals surface area (Å²) < 4.78 is 0. The van der Waals surface area contributed by atoms with Crippen molar-refractivity contribution in [3.63, 3.8) is 0 Å². The van der Waals surface area contributed by atoms with Crippen LogP contribution in [-0.2, 0) is 4.79 Å². The van der Waals surface area contributed by atoms with Gasteiger partial charge in [-0.25, -0.2) is 5.01 Å². The number of nitrogens with two attached hydrogens (primary N) is 1. The fraction of sp³-hybridized carbons (Fsp3) is 0.867. The Morgan fingerprint density at radius 1 is 1.32 bits per heavy atom. The Balaban J connectivity index is 2.05. The van der Waals surface area contributed by atoms with E-state index in [1.165, 1.54) is 19.3 Å². The number of hydrazone groups is 1. The van der Waals surface area contributed by atoms with Crippen LogP contribution < -0.4 is 5.73 Å². The Kier molecular flexibility index (Phi) is 5.37. The van der Waals surface area contributed by atoms with Gasteiger partial charge in [0.15, 0.2) is 0 Å². The third-order valence-electron chi connectivity index (χ3n) is 4.29. The summed E-state index contributed by atoms with van der Waals surface area (Å²) in [6, 6.07) is 0.357. The van der Waals surface area contributed by atoms with Gasteiger partial charge in [-0.1, -0.05) is 32.6 Å². The molecule has 4 heteroatoms. The number of hydrogen-bond donors (Lipinski definition) is 1. The van der Waals surface area contributed by atoms with Gasteiger partial charge in [0.2, 0.25) is 0 Å². The molecular weight excluding hydrogens is 238 g/mol. The molecule has 0 radical (unpaired) electrons. The lowest BCUT2D eigenvalue weighted by molar-refractivity contribution is -0.134. The molecule has 2 aliphatic rings. The van der Waals surface area contributed by atoms with Gasteiger partial charge < -0.3 is 5.73 Å². The van der Waals surface area contributed by atoms with Crippen LogP contribution in [0, 0.1) is 5.92 Å². The molecule has 1 fully saturated rings. The SMILES string of the molecule is CCCC1=NN(C2CCCCC2)C(=O)C1CCCN. The first-order valence-corrected chi connectivity index (χ1v) is 7.88. The molecule has 108 valence electrons. The highest BCUT2D eigenvalue weighted by Gasteiger charge is 2.38. The lowest BCUT2D eigenvalue weighted by Crippen LogP contribution is -2.37. The second kappa shape index (κ2) is 7.04. The minimum atomic E-state index is 0.0189. The highest BCUT2D eigenvalue weighted by molar-refractivity contribution is 6.08. The zero-order valence-corrected chi connectivity index (χ0v) is 12.1. The quantitative estimate of drug-likeness (QED) is 0.802. The molecule has 1 heterocycles. The van der Waals surface area contributed by atoms with Gasteiger partial charge in [-0.05, 0) is 38.6 Å². The van der Waals surface area contributed by atoms with Crippen LogP contribution >= 0.6 is 0 Å². The van der Waals surface area contributed by atoms with E-state index in [0.29, 0.717) is 12.6 Å². The van der Waals surface area contributed by atoms with E-state index in [9.17, 15) is 4.79 Å². The Hall–Kier alpha value is -0.900. The van der Waals surface area contributed by atoms with Crippen molar-refractivity contribution in [1.82, 2.24) is 5.01 Å². The summed E-state index contributed by atoms with van der Waals surface area (Å²) in [7, 11) is 0.